The average Bonchev–Trinajstić information content (AvgIpc) is 3.27. The maximum absolute atomic E-state index is 13.3. The number of anilines is 1. The van der Waals surface area contributed by atoms with E-state index in [4.69, 9.17) is 23.2 Å². The molecule has 0 saturated carbocycles. The molecule has 0 bridgehead atoms. The van der Waals surface area contributed by atoms with Crippen LogP contribution in [0.15, 0.2) is 84.3 Å². The van der Waals surface area contributed by atoms with Gasteiger partial charge < -0.3 is 5.32 Å². The lowest BCUT2D eigenvalue weighted by Crippen LogP contribution is -2.15. The third-order valence-corrected chi connectivity index (χ3v) is 6.31. The third-order valence-electron chi connectivity index (χ3n) is 4.99. The van der Waals surface area contributed by atoms with Gasteiger partial charge in [0.25, 0.3) is 5.91 Å². The molecule has 2 aromatic heterocycles. The summed E-state index contributed by atoms with van der Waals surface area (Å²) in [5.41, 5.74) is 2.04. The molecule has 0 atom stereocenters. The van der Waals surface area contributed by atoms with Crippen molar-refractivity contribution in [2.45, 2.75) is 10.9 Å². The molecule has 0 spiro atoms. The number of benzene rings is 3. The fourth-order valence-corrected chi connectivity index (χ4v) is 4.80. The largest absolute Gasteiger partial charge is 0.320 e. The van der Waals surface area contributed by atoms with Crippen molar-refractivity contribution in [1.29, 1.82) is 0 Å². The minimum absolute atomic E-state index is 0.187. The Morgan fingerprint density at radius 3 is 2.47 bits per heavy atom. The summed E-state index contributed by atoms with van der Waals surface area (Å²) < 4.78 is 1.56. The van der Waals surface area contributed by atoms with Crippen LogP contribution >= 0.6 is 35.0 Å². The van der Waals surface area contributed by atoms with Crippen LogP contribution in [-0.4, -0.2) is 30.9 Å². The van der Waals surface area contributed by atoms with Crippen LogP contribution in [0.1, 0.15) is 16.2 Å². The van der Waals surface area contributed by atoms with Gasteiger partial charge in [0, 0.05) is 39.3 Å². The fraction of sp³-hybridized carbons (Fsp3) is 0.0417. The molecule has 0 aliphatic carbocycles. The molecule has 2 heterocycles. The molecule has 1 amide bonds. The molecular formula is C24H16Cl2N6OS. The fourth-order valence-electron chi connectivity index (χ4n) is 3.49. The summed E-state index contributed by atoms with van der Waals surface area (Å²) >= 11 is 13.8. The van der Waals surface area contributed by atoms with E-state index >= 15 is 0 Å². The van der Waals surface area contributed by atoms with E-state index in [1.165, 1.54) is 11.8 Å². The normalized spacial score (nSPS) is 11.0. The van der Waals surface area contributed by atoms with Crippen molar-refractivity contribution in [3.63, 3.8) is 0 Å². The van der Waals surface area contributed by atoms with E-state index in [-0.39, 0.29) is 11.6 Å². The summed E-state index contributed by atoms with van der Waals surface area (Å²) in [6.45, 7) is 0. The van der Waals surface area contributed by atoms with Gasteiger partial charge in [-0.25, -0.2) is 14.6 Å². The van der Waals surface area contributed by atoms with E-state index in [9.17, 15) is 4.79 Å². The molecule has 0 fully saturated rings. The van der Waals surface area contributed by atoms with Crippen LogP contribution in [0.4, 0.5) is 5.69 Å². The molecular weight excluding hydrogens is 491 g/mol. The molecule has 0 radical (unpaired) electrons. The Hall–Kier alpha value is -3.46. The number of aromatic nitrogens is 5. The van der Waals surface area contributed by atoms with Gasteiger partial charge in [0.2, 0.25) is 0 Å². The summed E-state index contributed by atoms with van der Waals surface area (Å²) in [6, 6.07) is 20.4. The maximum atomic E-state index is 13.3. The number of thioether (sulfide) groups is 1. The predicted octanol–water partition coefficient (Wildman–Crippen LogP) is 6.06. The Labute approximate surface area is 209 Å². The van der Waals surface area contributed by atoms with E-state index in [2.05, 4.69) is 25.6 Å². The van der Waals surface area contributed by atoms with E-state index in [1.807, 2.05) is 42.5 Å². The van der Waals surface area contributed by atoms with Crippen molar-refractivity contribution >= 4 is 57.3 Å². The quantitative estimate of drug-likeness (QED) is 0.222. The number of carbonyl (C=O) groups excluding carboxylic acids is 1. The Balaban J connectivity index is 1.52. The van der Waals surface area contributed by atoms with Crippen molar-refractivity contribution in [2.24, 2.45) is 0 Å². The minimum Gasteiger partial charge on any atom is -0.320 e. The Morgan fingerprint density at radius 2 is 1.68 bits per heavy atom. The van der Waals surface area contributed by atoms with Crippen molar-refractivity contribution in [2.75, 3.05) is 5.32 Å². The highest BCUT2D eigenvalue weighted by Gasteiger charge is 2.22. The van der Waals surface area contributed by atoms with Crippen LogP contribution in [0.2, 0.25) is 10.0 Å². The van der Waals surface area contributed by atoms with Crippen LogP contribution in [-0.2, 0) is 5.75 Å². The van der Waals surface area contributed by atoms with Gasteiger partial charge in [0.15, 0.2) is 10.9 Å². The van der Waals surface area contributed by atoms with Crippen LogP contribution < -0.4 is 5.32 Å². The molecule has 3 aromatic carbocycles. The number of halogens is 2. The molecule has 5 aromatic rings. The molecule has 5 rings (SSSR count). The van der Waals surface area contributed by atoms with E-state index < -0.39 is 0 Å². The first-order valence-corrected chi connectivity index (χ1v) is 11.9. The van der Waals surface area contributed by atoms with Gasteiger partial charge in [-0.05, 0) is 35.7 Å². The second-order valence-electron chi connectivity index (χ2n) is 7.23. The van der Waals surface area contributed by atoms with Gasteiger partial charge in [-0.1, -0.05) is 76.6 Å². The number of carbonyl (C=O) groups is 1. The van der Waals surface area contributed by atoms with Crippen LogP contribution in [0.25, 0.3) is 16.5 Å². The first kappa shape index (κ1) is 22.3. The lowest BCUT2D eigenvalue weighted by Gasteiger charge is -2.10. The highest BCUT2D eigenvalue weighted by Crippen LogP contribution is 2.28. The van der Waals surface area contributed by atoms with E-state index in [0.717, 1.165) is 10.8 Å². The van der Waals surface area contributed by atoms with Crippen molar-refractivity contribution in [3.05, 3.63) is 101 Å². The maximum Gasteiger partial charge on any atom is 0.278 e. The minimum atomic E-state index is -0.375. The zero-order chi connectivity index (χ0) is 23.5. The van der Waals surface area contributed by atoms with E-state index in [0.29, 0.717) is 38.0 Å². The molecule has 34 heavy (non-hydrogen) atoms. The lowest BCUT2D eigenvalue weighted by atomic mass is 10.1. The van der Waals surface area contributed by atoms with Crippen LogP contribution in [0.5, 0.6) is 0 Å². The summed E-state index contributed by atoms with van der Waals surface area (Å²) in [6.07, 6.45) is 3.32. The van der Waals surface area contributed by atoms with Crippen LogP contribution in [0.3, 0.4) is 0 Å². The Morgan fingerprint density at radius 1 is 0.941 bits per heavy atom. The van der Waals surface area contributed by atoms with Crippen molar-refractivity contribution in [3.8, 4) is 5.69 Å². The molecule has 168 valence electrons. The molecule has 0 aliphatic heterocycles. The lowest BCUT2D eigenvalue weighted by molar-refractivity contribution is 0.102. The van der Waals surface area contributed by atoms with Crippen molar-refractivity contribution < 1.29 is 4.79 Å². The van der Waals surface area contributed by atoms with Gasteiger partial charge in [-0.2, -0.15) is 0 Å². The van der Waals surface area contributed by atoms with Gasteiger partial charge in [0.05, 0.1) is 11.4 Å². The number of rotatable bonds is 6. The molecule has 7 nitrogen and oxygen atoms in total. The van der Waals surface area contributed by atoms with Crippen LogP contribution in [0, 0.1) is 0 Å². The summed E-state index contributed by atoms with van der Waals surface area (Å²) in [4.78, 5) is 21.8. The monoisotopic (exact) mass is 506 g/mol. The number of fused-ring (bicyclic) bond motifs is 1. The third kappa shape index (κ3) is 4.75. The Bertz CT molecular complexity index is 1470. The van der Waals surface area contributed by atoms with Gasteiger partial charge in [-0.15, -0.1) is 5.10 Å². The summed E-state index contributed by atoms with van der Waals surface area (Å²) in [7, 11) is 0. The van der Waals surface area contributed by atoms with Gasteiger partial charge in [0.1, 0.15) is 0 Å². The SMILES string of the molecule is O=C(Nc1cccc2ccccc12)c1nnn(-c2cc(Cl)cc(Cl)c2)c1CSc1ncccn1. The predicted molar refractivity (Wildman–Crippen MR) is 135 cm³/mol. The number of hydrogen-bond donors (Lipinski definition) is 1. The zero-order valence-corrected chi connectivity index (χ0v) is 19.8. The second kappa shape index (κ2) is 9.80. The zero-order valence-electron chi connectivity index (χ0n) is 17.5. The second-order valence-corrected chi connectivity index (χ2v) is 9.04. The molecule has 0 aliphatic rings. The molecule has 1 N–H and O–H groups in total. The first-order valence-electron chi connectivity index (χ1n) is 10.2. The van der Waals surface area contributed by atoms with Gasteiger partial charge >= 0.3 is 0 Å². The highest BCUT2D eigenvalue weighted by atomic mass is 35.5. The smallest absolute Gasteiger partial charge is 0.278 e. The number of hydrogen-bond acceptors (Lipinski definition) is 6. The summed E-state index contributed by atoms with van der Waals surface area (Å²) in [5, 5.41) is 14.8. The number of nitrogens with zero attached hydrogens (tertiary/aromatic N) is 5. The topological polar surface area (TPSA) is 85.6 Å². The van der Waals surface area contributed by atoms with Crippen molar-refractivity contribution in [1.82, 2.24) is 25.0 Å². The standard InChI is InChI=1S/C24H16Cl2N6OS/c25-16-11-17(26)13-18(12-16)32-21(14-34-24-27-9-4-10-28-24)22(30-31-32)23(33)29-20-8-3-6-15-5-1-2-7-19(15)20/h1-13H,14H2,(H,29,33). The van der Waals surface area contributed by atoms with E-state index in [1.54, 1.807) is 41.3 Å². The Kier molecular flexibility index (Phi) is 6.44. The highest BCUT2D eigenvalue weighted by molar-refractivity contribution is 7.98. The average molecular weight is 507 g/mol. The number of amides is 1. The molecule has 10 heteroatoms. The first-order chi connectivity index (χ1) is 16.6. The number of nitrogens with one attached hydrogen (secondary N) is 1. The molecule has 0 saturated heterocycles. The van der Waals surface area contributed by atoms with Gasteiger partial charge in [-0.3, -0.25) is 4.79 Å². The summed E-state index contributed by atoms with van der Waals surface area (Å²) in [5.74, 6) is -0.0281. The molecule has 0 unspecified atom stereocenters.